The molecule has 0 saturated heterocycles. The molecular weight excluding hydrogens is 586 g/mol. The Morgan fingerprint density at radius 1 is 0.826 bits per heavy atom. The minimum atomic E-state index is -1.05. The molecule has 0 bridgehead atoms. The Balaban J connectivity index is 0.000000932. The van der Waals surface area contributed by atoms with E-state index < -0.39 is 18.0 Å². The van der Waals surface area contributed by atoms with E-state index in [1.165, 1.54) is 25.7 Å². The van der Waals surface area contributed by atoms with Gasteiger partial charge in [-0.1, -0.05) is 90.0 Å². The highest BCUT2D eigenvalue weighted by molar-refractivity contribution is 5.78. The van der Waals surface area contributed by atoms with Gasteiger partial charge in [-0.25, -0.2) is 4.79 Å². The lowest BCUT2D eigenvalue weighted by atomic mass is 9.90. The highest BCUT2D eigenvalue weighted by Crippen LogP contribution is 2.19. The van der Waals surface area contributed by atoms with Crippen LogP contribution in [0.5, 0.6) is 5.75 Å². The molecule has 1 aromatic rings. The number of benzene rings is 1. The standard InChI is InChI=1S/C23H42O4.C14H19NO4/c1-4-5-6-9-13-16-21(24)17-14-11-8-7-10-12-15-20(2)22(23(25)26)18-19-27-3;1-2-3-8-19-12-6-4-11(5-7-12)9-13(14(17)18)15-10-16/h12,15,20,22H,4-11,13-14,16-19H2,1-3H3,(H,25,26);4-7,10,13H,2-3,8-9H2,1H3,(H,15,16)(H,17,18)/b15-12+;/t20?,22-;13-/m10/s1. The van der Waals surface area contributed by atoms with Crippen molar-refractivity contribution >= 4 is 24.1 Å². The number of Topliss-reactive ketones (excluding diaryl/α,β-unsaturated/α-hetero) is 1. The lowest BCUT2D eigenvalue weighted by Gasteiger charge is -2.16. The van der Waals surface area contributed by atoms with Gasteiger partial charge in [-0.05, 0) is 62.1 Å². The summed E-state index contributed by atoms with van der Waals surface area (Å²) >= 11 is 0. The molecule has 46 heavy (non-hydrogen) atoms. The van der Waals surface area contributed by atoms with Crippen LogP contribution in [0.25, 0.3) is 0 Å². The summed E-state index contributed by atoms with van der Waals surface area (Å²) in [6, 6.07) is 6.34. The molecule has 1 unspecified atom stereocenters. The third kappa shape index (κ3) is 23.2. The minimum Gasteiger partial charge on any atom is -0.494 e. The predicted molar refractivity (Wildman–Crippen MR) is 183 cm³/mol. The number of hydrogen-bond acceptors (Lipinski definition) is 6. The molecular formula is C37H61NO8. The van der Waals surface area contributed by atoms with Gasteiger partial charge in [0.1, 0.15) is 17.6 Å². The highest BCUT2D eigenvalue weighted by atomic mass is 16.5. The van der Waals surface area contributed by atoms with E-state index in [4.69, 9.17) is 14.6 Å². The first-order chi connectivity index (χ1) is 22.2. The van der Waals surface area contributed by atoms with Gasteiger partial charge >= 0.3 is 11.9 Å². The van der Waals surface area contributed by atoms with Crippen LogP contribution in [0.15, 0.2) is 36.4 Å². The summed E-state index contributed by atoms with van der Waals surface area (Å²) in [6.45, 7) is 7.42. The normalized spacial score (nSPS) is 12.9. The summed E-state index contributed by atoms with van der Waals surface area (Å²) in [7, 11) is 1.60. The van der Waals surface area contributed by atoms with E-state index in [0.29, 0.717) is 31.8 Å². The molecule has 0 saturated carbocycles. The van der Waals surface area contributed by atoms with Crippen LogP contribution in [0.2, 0.25) is 0 Å². The first kappa shape index (κ1) is 42.8. The van der Waals surface area contributed by atoms with Crippen LogP contribution < -0.4 is 10.1 Å². The van der Waals surface area contributed by atoms with E-state index >= 15 is 0 Å². The lowest BCUT2D eigenvalue weighted by molar-refractivity contribution is -0.143. The van der Waals surface area contributed by atoms with Gasteiger partial charge in [-0.15, -0.1) is 0 Å². The molecule has 0 spiro atoms. The number of carboxylic acid groups (broad SMARTS) is 2. The van der Waals surface area contributed by atoms with Crippen molar-refractivity contribution in [3.8, 4) is 5.75 Å². The number of methoxy groups -OCH3 is 1. The largest absolute Gasteiger partial charge is 0.494 e. The number of carbonyl (C=O) groups is 4. The monoisotopic (exact) mass is 647 g/mol. The third-order valence-electron chi connectivity index (χ3n) is 7.86. The summed E-state index contributed by atoms with van der Waals surface area (Å²) in [4.78, 5) is 44.3. The molecule has 3 N–H and O–H groups in total. The summed E-state index contributed by atoms with van der Waals surface area (Å²) < 4.78 is 10.5. The van der Waals surface area contributed by atoms with E-state index in [2.05, 4.69) is 25.2 Å². The van der Waals surface area contributed by atoms with Crippen LogP contribution in [0.3, 0.4) is 0 Å². The molecule has 1 amide bonds. The molecule has 262 valence electrons. The third-order valence-corrected chi connectivity index (χ3v) is 7.86. The Bertz CT molecular complexity index is 963. The van der Waals surface area contributed by atoms with Gasteiger partial charge in [-0.2, -0.15) is 0 Å². The molecule has 0 aliphatic carbocycles. The van der Waals surface area contributed by atoms with Gasteiger partial charge in [0.25, 0.3) is 0 Å². The number of allylic oxidation sites excluding steroid dienone is 2. The van der Waals surface area contributed by atoms with E-state index in [9.17, 15) is 24.3 Å². The average Bonchev–Trinajstić information content (AvgIpc) is 3.03. The summed E-state index contributed by atoms with van der Waals surface area (Å²) in [5.41, 5.74) is 0.838. The molecule has 0 heterocycles. The van der Waals surface area contributed by atoms with Crippen molar-refractivity contribution in [1.29, 1.82) is 0 Å². The van der Waals surface area contributed by atoms with Gasteiger partial charge in [0.15, 0.2) is 0 Å². The Morgan fingerprint density at radius 2 is 1.43 bits per heavy atom. The van der Waals surface area contributed by atoms with Crippen LogP contribution in [0.4, 0.5) is 0 Å². The zero-order chi connectivity index (χ0) is 34.4. The SMILES string of the molecule is CCCCCCCC(=O)CCCCCC/C=C/C(C)[C@@H](CCOC)C(=O)O.CCCCOc1ccc(C[C@H](NC=O)C(=O)O)cc1. The molecule has 0 aromatic heterocycles. The fraction of sp³-hybridized carbons (Fsp3) is 0.676. The molecule has 1 rings (SSSR count). The van der Waals surface area contributed by atoms with E-state index in [-0.39, 0.29) is 18.3 Å². The lowest BCUT2D eigenvalue weighted by Crippen LogP contribution is -2.37. The Morgan fingerprint density at radius 3 is 1.98 bits per heavy atom. The fourth-order valence-corrected chi connectivity index (χ4v) is 4.88. The number of rotatable bonds is 28. The van der Waals surface area contributed by atoms with Crippen molar-refractivity contribution in [2.24, 2.45) is 11.8 Å². The Labute approximate surface area is 277 Å². The second-order valence-corrected chi connectivity index (χ2v) is 11.9. The molecule has 0 aliphatic heterocycles. The smallest absolute Gasteiger partial charge is 0.326 e. The molecule has 9 nitrogen and oxygen atoms in total. The van der Waals surface area contributed by atoms with Gasteiger partial charge in [0, 0.05) is 33.0 Å². The molecule has 1 aromatic carbocycles. The van der Waals surface area contributed by atoms with Gasteiger partial charge in [0.2, 0.25) is 6.41 Å². The number of amides is 1. The number of ketones is 1. The van der Waals surface area contributed by atoms with Crippen molar-refractivity contribution in [2.75, 3.05) is 20.3 Å². The van der Waals surface area contributed by atoms with Crippen molar-refractivity contribution in [1.82, 2.24) is 5.32 Å². The number of carbonyl (C=O) groups excluding carboxylic acids is 2. The Kier molecular flexibility index (Phi) is 27.2. The topological polar surface area (TPSA) is 139 Å². The van der Waals surface area contributed by atoms with Crippen molar-refractivity contribution in [2.45, 2.75) is 130 Å². The number of unbranched alkanes of at least 4 members (excludes halogenated alkanes) is 9. The first-order valence-electron chi connectivity index (χ1n) is 17.2. The second kappa shape index (κ2) is 29.2. The number of aliphatic carboxylic acids is 2. The molecule has 9 heteroatoms. The van der Waals surface area contributed by atoms with Gasteiger partial charge < -0.3 is 25.0 Å². The van der Waals surface area contributed by atoms with Gasteiger partial charge in [0.05, 0.1) is 12.5 Å². The van der Waals surface area contributed by atoms with E-state index in [1.807, 2.05) is 37.3 Å². The first-order valence-corrected chi connectivity index (χ1v) is 17.2. The Hall–Kier alpha value is -3.20. The minimum absolute atomic E-state index is 0.0209. The number of nitrogens with one attached hydrogen (secondary N) is 1. The van der Waals surface area contributed by atoms with Crippen LogP contribution in [-0.4, -0.2) is 60.7 Å². The van der Waals surface area contributed by atoms with Gasteiger partial charge in [-0.3, -0.25) is 14.4 Å². The summed E-state index contributed by atoms with van der Waals surface area (Å²) in [5, 5.41) is 20.5. The number of hydrogen-bond donors (Lipinski definition) is 3. The molecule has 3 atom stereocenters. The summed E-state index contributed by atoms with van der Waals surface area (Å²) in [5.74, 6) is -0.959. The van der Waals surface area contributed by atoms with Crippen molar-refractivity contribution in [3.05, 3.63) is 42.0 Å². The van der Waals surface area contributed by atoms with E-state index in [1.54, 1.807) is 7.11 Å². The molecule has 0 radical (unpaired) electrons. The second-order valence-electron chi connectivity index (χ2n) is 11.9. The van der Waals surface area contributed by atoms with Crippen LogP contribution in [0.1, 0.15) is 123 Å². The molecule has 0 aliphatic rings. The average molecular weight is 648 g/mol. The molecule has 0 fully saturated rings. The van der Waals surface area contributed by atoms with Crippen molar-refractivity contribution < 1.29 is 38.9 Å². The zero-order valence-electron chi connectivity index (χ0n) is 28.8. The zero-order valence-corrected chi connectivity index (χ0v) is 28.8. The van der Waals surface area contributed by atoms with E-state index in [0.717, 1.165) is 75.5 Å². The van der Waals surface area contributed by atoms with Crippen molar-refractivity contribution in [3.63, 3.8) is 0 Å². The fourth-order valence-electron chi connectivity index (χ4n) is 4.88. The maximum Gasteiger partial charge on any atom is 0.326 e. The predicted octanol–water partition coefficient (Wildman–Crippen LogP) is 7.79. The van der Waals surface area contributed by atoms with Crippen LogP contribution >= 0.6 is 0 Å². The van der Waals surface area contributed by atoms with Crippen LogP contribution in [0, 0.1) is 11.8 Å². The highest BCUT2D eigenvalue weighted by Gasteiger charge is 2.22. The maximum atomic E-state index is 11.8. The quantitative estimate of drug-likeness (QED) is 0.0476. The summed E-state index contributed by atoms with van der Waals surface area (Å²) in [6.07, 6.45) is 20.3. The maximum absolute atomic E-state index is 11.8. The van der Waals surface area contributed by atoms with Crippen LogP contribution in [-0.2, 0) is 30.3 Å². The number of carboxylic acids is 2. The number of ether oxygens (including phenoxy) is 2.